The summed E-state index contributed by atoms with van der Waals surface area (Å²) >= 11 is 0. The number of nitrogens with one attached hydrogen (secondary N) is 1. The van der Waals surface area contributed by atoms with Crippen LogP contribution >= 0.6 is 0 Å². The number of carbonyl (C=O) groups is 3. The minimum absolute atomic E-state index is 0.0111. The van der Waals surface area contributed by atoms with Gasteiger partial charge < -0.3 is 19.9 Å². The second-order valence-electron chi connectivity index (χ2n) is 7.30. The van der Waals surface area contributed by atoms with Crippen LogP contribution in [0.3, 0.4) is 0 Å². The molecule has 0 spiro atoms. The summed E-state index contributed by atoms with van der Waals surface area (Å²) in [5.41, 5.74) is -0.462. The minimum Gasteiger partial charge on any atom is -0.481 e. The Bertz CT molecular complexity index is 558. The maximum absolute atomic E-state index is 12.1. The lowest BCUT2D eigenvalue weighted by molar-refractivity contribution is -0.174. The quantitative estimate of drug-likeness (QED) is 0.395. The predicted molar refractivity (Wildman–Crippen MR) is 89.5 cm³/mol. The molecule has 2 N–H and O–H groups in total. The van der Waals surface area contributed by atoms with Gasteiger partial charge in [-0.3, -0.25) is 9.59 Å². The summed E-state index contributed by atoms with van der Waals surface area (Å²) in [6.07, 6.45) is 4.44. The molecule has 0 heterocycles. The number of amides is 1. The average Bonchev–Trinajstić information content (AvgIpc) is 2.92. The standard InChI is InChI=1S/C18H27NO6/c1-4-15(22)24-16(11(2)3)25-17(23)19-10-18(9-14(20)21)8-12-6-5-7-13(12)18/h5,7,11-13,16H,4,6,8-10H2,1-3H3,(H,19,23)(H,20,21)/t12-,13-,16+,18-/m0/s1. The van der Waals surface area contributed by atoms with E-state index in [9.17, 15) is 19.5 Å². The van der Waals surface area contributed by atoms with Crippen LogP contribution in [0.5, 0.6) is 0 Å². The summed E-state index contributed by atoms with van der Waals surface area (Å²) in [6.45, 7) is 5.47. The molecule has 2 aliphatic carbocycles. The van der Waals surface area contributed by atoms with Gasteiger partial charge in [0.2, 0.25) is 0 Å². The monoisotopic (exact) mass is 353 g/mol. The topological polar surface area (TPSA) is 102 Å². The van der Waals surface area contributed by atoms with Gasteiger partial charge in [-0.15, -0.1) is 0 Å². The van der Waals surface area contributed by atoms with Gasteiger partial charge in [-0.05, 0) is 24.7 Å². The van der Waals surface area contributed by atoms with Crippen LogP contribution < -0.4 is 5.32 Å². The molecule has 1 amide bonds. The number of carboxylic acids is 1. The van der Waals surface area contributed by atoms with Crippen LogP contribution in [0.15, 0.2) is 12.2 Å². The van der Waals surface area contributed by atoms with Crippen molar-refractivity contribution in [2.75, 3.05) is 6.54 Å². The third-order valence-corrected chi connectivity index (χ3v) is 5.06. The van der Waals surface area contributed by atoms with E-state index in [0.717, 1.165) is 12.8 Å². The van der Waals surface area contributed by atoms with E-state index in [4.69, 9.17) is 9.47 Å². The molecule has 2 aliphatic rings. The Balaban J connectivity index is 1.91. The maximum Gasteiger partial charge on any atom is 0.410 e. The number of allylic oxidation sites excluding steroid dienone is 2. The highest BCUT2D eigenvalue weighted by atomic mass is 16.7. The average molecular weight is 353 g/mol. The Morgan fingerprint density at radius 2 is 2.04 bits per heavy atom. The van der Waals surface area contributed by atoms with Crippen LogP contribution in [0.2, 0.25) is 0 Å². The molecular formula is C18H27NO6. The van der Waals surface area contributed by atoms with Crippen molar-refractivity contribution in [1.29, 1.82) is 0 Å². The summed E-state index contributed by atoms with van der Waals surface area (Å²) in [5, 5.41) is 11.9. The first-order valence-corrected chi connectivity index (χ1v) is 8.80. The molecule has 4 atom stereocenters. The lowest BCUT2D eigenvalue weighted by atomic mass is 9.53. The van der Waals surface area contributed by atoms with E-state index in [1.807, 2.05) is 0 Å². The third kappa shape index (κ3) is 4.52. The molecular weight excluding hydrogens is 326 g/mol. The Labute approximate surface area is 147 Å². The number of fused-ring (bicyclic) bond motifs is 1. The van der Waals surface area contributed by atoms with Crippen LogP contribution in [0.25, 0.3) is 0 Å². The number of carbonyl (C=O) groups excluding carboxylic acids is 2. The van der Waals surface area contributed by atoms with E-state index in [1.165, 1.54) is 0 Å². The van der Waals surface area contributed by atoms with Crippen LogP contribution in [0.1, 0.15) is 46.5 Å². The molecule has 25 heavy (non-hydrogen) atoms. The van der Waals surface area contributed by atoms with Crippen molar-refractivity contribution in [3.05, 3.63) is 12.2 Å². The largest absolute Gasteiger partial charge is 0.481 e. The summed E-state index contributed by atoms with van der Waals surface area (Å²) < 4.78 is 10.3. The number of carboxylic acid groups (broad SMARTS) is 1. The molecule has 0 aliphatic heterocycles. The number of alkyl carbamates (subject to hydrolysis) is 1. The second-order valence-corrected chi connectivity index (χ2v) is 7.30. The summed E-state index contributed by atoms with van der Waals surface area (Å²) in [7, 11) is 0. The molecule has 7 heteroatoms. The Hall–Kier alpha value is -2.05. The van der Waals surface area contributed by atoms with Gasteiger partial charge in [0.25, 0.3) is 6.29 Å². The molecule has 0 radical (unpaired) electrons. The first-order chi connectivity index (χ1) is 11.8. The number of hydrogen-bond donors (Lipinski definition) is 2. The second kappa shape index (κ2) is 7.89. The van der Waals surface area contributed by atoms with Crippen LogP contribution in [-0.2, 0) is 19.1 Å². The zero-order valence-corrected chi connectivity index (χ0v) is 15.0. The fraction of sp³-hybridized carbons (Fsp3) is 0.722. The van der Waals surface area contributed by atoms with Gasteiger partial charge in [-0.2, -0.15) is 0 Å². The summed E-state index contributed by atoms with van der Waals surface area (Å²) in [5.74, 6) is -0.827. The lowest BCUT2D eigenvalue weighted by Crippen LogP contribution is -2.53. The van der Waals surface area contributed by atoms with Gasteiger partial charge >= 0.3 is 18.0 Å². The van der Waals surface area contributed by atoms with Crippen molar-refractivity contribution >= 4 is 18.0 Å². The van der Waals surface area contributed by atoms with E-state index in [-0.39, 0.29) is 31.2 Å². The summed E-state index contributed by atoms with van der Waals surface area (Å²) in [4.78, 5) is 34.8. The minimum atomic E-state index is -0.955. The van der Waals surface area contributed by atoms with Crippen LogP contribution in [0.4, 0.5) is 4.79 Å². The Morgan fingerprint density at radius 3 is 2.60 bits per heavy atom. The van der Waals surface area contributed by atoms with Crippen molar-refractivity contribution in [1.82, 2.24) is 5.32 Å². The molecule has 0 bridgehead atoms. The van der Waals surface area contributed by atoms with Gasteiger partial charge in [0, 0.05) is 24.3 Å². The number of hydrogen-bond acceptors (Lipinski definition) is 5. The normalized spacial score (nSPS) is 28.0. The molecule has 0 unspecified atom stereocenters. The fourth-order valence-corrected chi connectivity index (χ4v) is 3.76. The zero-order valence-electron chi connectivity index (χ0n) is 15.0. The molecule has 7 nitrogen and oxygen atoms in total. The number of aliphatic carboxylic acids is 1. The Morgan fingerprint density at radius 1 is 1.32 bits per heavy atom. The first-order valence-electron chi connectivity index (χ1n) is 8.80. The number of esters is 1. The SMILES string of the molecule is CCC(=O)O[C@H](OC(=O)NC[C@@]1(CC(=O)O)C[C@@H]2CC=C[C@@H]21)C(C)C. The van der Waals surface area contributed by atoms with Crippen LogP contribution in [0, 0.1) is 23.2 Å². The van der Waals surface area contributed by atoms with Crippen molar-refractivity contribution in [3.63, 3.8) is 0 Å². The van der Waals surface area contributed by atoms with E-state index < -0.39 is 29.7 Å². The fourth-order valence-electron chi connectivity index (χ4n) is 3.76. The van der Waals surface area contributed by atoms with Gasteiger partial charge in [0.1, 0.15) is 0 Å². The predicted octanol–water partition coefficient (Wildman–Crippen LogP) is 2.71. The lowest BCUT2D eigenvalue weighted by Gasteiger charge is -2.51. The highest BCUT2D eigenvalue weighted by Crippen LogP contribution is 2.57. The smallest absolute Gasteiger partial charge is 0.410 e. The van der Waals surface area contributed by atoms with Crippen molar-refractivity contribution in [3.8, 4) is 0 Å². The third-order valence-electron chi connectivity index (χ3n) is 5.06. The van der Waals surface area contributed by atoms with Crippen LogP contribution in [-0.4, -0.2) is 36.0 Å². The zero-order chi connectivity index (χ0) is 18.6. The number of ether oxygens (including phenoxy) is 2. The molecule has 0 saturated heterocycles. The molecule has 0 aromatic rings. The maximum atomic E-state index is 12.1. The van der Waals surface area contributed by atoms with Gasteiger partial charge in [0.05, 0.1) is 6.42 Å². The van der Waals surface area contributed by atoms with Crippen molar-refractivity contribution in [2.24, 2.45) is 23.2 Å². The van der Waals surface area contributed by atoms with Crippen molar-refractivity contribution in [2.45, 2.75) is 52.7 Å². The highest BCUT2D eigenvalue weighted by Gasteiger charge is 2.54. The molecule has 0 aromatic heterocycles. The summed E-state index contributed by atoms with van der Waals surface area (Å²) in [6, 6.07) is 0. The van der Waals surface area contributed by atoms with E-state index in [2.05, 4.69) is 17.5 Å². The van der Waals surface area contributed by atoms with Gasteiger partial charge in [-0.1, -0.05) is 32.9 Å². The number of rotatable bonds is 8. The molecule has 0 aromatic carbocycles. The van der Waals surface area contributed by atoms with Crippen molar-refractivity contribution < 1.29 is 29.0 Å². The van der Waals surface area contributed by atoms with E-state index >= 15 is 0 Å². The first kappa shape index (κ1) is 19.3. The van der Waals surface area contributed by atoms with E-state index in [0.29, 0.717) is 5.92 Å². The van der Waals surface area contributed by atoms with E-state index in [1.54, 1.807) is 20.8 Å². The molecule has 2 rings (SSSR count). The van der Waals surface area contributed by atoms with Gasteiger partial charge in [-0.25, -0.2) is 4.79 Å². The molecule has 140 valence electrons. The highest BCUT2D eigenvalue weighted by molar-refractivity contribution is 5.71. The molecule has 1 saturated carbocycles. The molecule has 1 fully saturated rings. The van der Waals surface area contributed by atoms with Gasteiger partial charge in [0.15, 0.2) is 0 Å². The Kier molecular flexibility index (Phi) is 6.08.